The molecule has 0 saturated heterocycles. The van der Waals surface area contributed by atoms with Crippen molar-refractivity contribution in [2.45, 2.75) is 44.6 Å². The van der Waals surface area contributed by atoms with Crippen molar-refractivity contribution in [3.8, 4) is 0 Å². The Labute approximate surface area is 209 Å². The zero-order chi connectivity index (χ0) is 22.3. The molecule has 0 N–H and O–H groups in total. The van der Waals surface area contributed by atoms with Crippen LogP contribution in [0.15, 0.2) is 66.1 Å². The van der Waals surface area contributed by atoms with Gasteiger partial charge in [0.15, 0.2) is 5.13 Å². The Balaban J connectivity index is 0.00000306. The van der Waals surface area contributed by atoms with Crippen molar-refractivity contribution in [1.29, 1.82) is 0 Å². The minimum Gasteiger partial charge on any atom is -0.337 e. The maximum absolute atomic E-state index is 13.4. The van der Waals surface area contributed by atoms with E-state index in [0.29, 0.717) is 13.0 Å². The van der Waals surface area contributed by atoms with Crippen molar-refractivity contribution < 1.29 is 4.79 Å². The van der Waals surface area contributed by atoms with Crippen molar-refractivity contribution in [3.63, 3.8) is 0 Å². The third-order valence-electron chi connectivity index (χ3n) is 5.33. The van der Waals surface area contributed by atoms with E-state index in [1.165, 1.54) is 10.5 Å². The maximum atomic E-state index is 13.4. The second-order valence-corrected chi connectivity index (χ2v) is 9.95. The molecule has 2 aromatic heterocycles. The SMILES string of the molecule is CCSc1ccc(CC(=O)N(CCCn2ccnc2)c2nc3ccc(CC)cc3s2)cc1.Cl. The molecular formula is C25H29ClN4OS2. The number of benzene rings is 2. The number of nitrogens with zero attached hydrogens (tertiary/aromatic N) is 4. The topological polar surface area (TPSA) is 51.0 Å². The molecule has 4 rings (SSSR count). The van der Waals surface area contributed by atoms with Crippen LogP contribution in [0.4, 0.5) is 5.13 Å². The van der Waals surface area contributed by atoms with Crippen LogP contribution in [-0.2, 0) is 24.2 Å². The molecule has 0 atom stereocenters. The van der Waals surface area contributed by atoms with Gasteiger partial charge in [0.2, 0.25) is 5.91 Å². The maximum Gasteiger partial charge on any atom is 0.233 e. The Bertz CT molecular complexity index is 1160. The zero-order valence-corrected chi connectivity index (χ0v) is 21.4. The van der Waals surface area contributed by atoms with Gasteiger partial charge in [-0.15, -0.1) is 24.2 Å². The van der Waals surface area contributed by atoms with Gasteiger partial charge in [-0.2, -0.15) is 0 Å². The van der Waals surface area contributed by atoms with Crippen molar-refractivity contribution in [2.24, 2.45) is 0 Å². The number of rotatable bonds is 10. The number of halogens is 1. The highest BCUT2D eigenvalue weighted by Crippen LogP contribution is 2.30. The van der Waals surface area contributed by atoms with Crippen LogP contribution < -0.4 is 4.90 Å². The van der Waals surface area contributed by atoms with Gasteiger partial charge in [0, 0.05) is 30.4 Å². The first-order valence-electron chi connectivity index (χ1n) is 11.0. The summed E-state index contributed by atoms with van der Waals surface area (Å²) >= 11 is 3.41. The third kappa shape index (κ3) is 6.59. The molecule has 1 amide bonds. The largest absolute Gasteiger partial charge is 0.337 e. The van der Waals surface area contributed by atoms with E-state index in [2.05, 4.69) is 61.3 Å². The number of thioether (sulfide) groups is 1. The van der Waals surface area contributed by atoms with E-state index in [-0.39, 0.29) is 18.3 Å². The lowest BCUT2D eigenvalue weighted by molar-refractivity contribution is -0.118. The van der Waals surface area contributed by atoms with E-state index >= 15 is 0 Å². The lowest BCUT2D eigenvalue weighted by atomic mass is 10.1. The van der Waals surface area contributed by atoms with Gasteiger partial charge in [-0.1, -0.05) is 43.4 Å². The number of aromatic nitrogens is 3. The van der Waals surface area contributed by atoms with E-state index in [1.54, 1.807) is 17.5 Å². The number of amides is 1. The molecule has 0 saturated carbocycles. The first-order chi connectivity index (χ1) is 15.7. The predicted molar refractivity (Wildman–Crippen MR) is 142 cm³/mol. The van der Waals surface area contributed by atoms with Gasteiger partial charge in [0.05, 0.1) is 23.0 Å². The highest BCUT2D eigenvalue weighted by atomic mass is 35.5. The summed E-state index contributed by atoms with van der Waals surface area (Å²) in [4.78, 5) is 25.4. The van der Waals surface area contributed by atoms with E-state index in [0.717, 1.165) is 46.1 Å². The fourth-order valence-corrected chi connectivity index (χ4v) is 5.32. The van der Waals surface area contributed by atoms with Gasteiger partial charge in [-0.05, 0) is 54.0 Å². The highest BCUT2D eigenvalue weighted by molar-refractivity contribution is 7.99. The molecule has 0 spiro atoms. The van der Waals surface area contributed by atoms with Gasteiger partial charge in [0.1, 0.15) is 0 Å². The molecule has 0 radical (unpaired) electrons. The predicted octanol–water partition coefficient (Wildman–Crippen LogP) is 6.26. The zero-order valence-electron chi connectivity index (χ0n) is 18.9. The highest BCUT2D eigenvalue weighted by Gasteiger charge is 2.20. The summed E-state index contributed by atoms with van der Waals surface area (Å²) in [6.07, 6.45) is 7.74. The Morgan fingerprint density at radius 1 is 1.12 bits per heavy atom. The quantitative estimate of drug-likeness (QED) is 0.241. The third-order valence-corrected chi connectivity index (χ3v) is 7.26. The van der Waals surface area contributed by atoms with E-state index in [1.807, 2.05) is 33.8 Å². The number of carbonyl (C=O) groups excluding carboxylic acids is 1. The normalized spacial score (nSPS) is 10.8. The second-order valence-electron chi connectivity index (χ2n) is 7.61. The van der Waals surface area contributed by atoms with Crippen molar-refractivity contribution in [1.82, 2.24) is 14.5 Å². The van der Waals surface area contributed by atoms with Gasteiger partial charge < -0.3 is 4.57 Å². The Morgan fingerprint density at radius 2 is 1.91 bits per heavy atom. The summed E-state index contributed by atoms with van der Waals surface area (Å²) in [5, 5.41) is 0.780. The van der Waals surface area contributed by atoms with E-state index < -0.39 is 0 Å². The van der Waals surface area contributed by atoms with Crippen molar-refractivity contribution in [2.75, 3.05) is 17.2 Å². The van der Waals surface area contributed by atoms with Gasteiger partial charge in [0.25, 0.3) is 0 Å². The Kier molecular flexibility index (Phi) is 9.35. The first kappa shape index (κ1) is 25.3. The summed E-state index contributed by atoms with van der Waals surface area (Å²) < 4.78 is 3.17. The first-order valence-corrected chi connectivity index (χ1v) is 12.8. The average molecular weight is 501 g/mol. The second kappa shape index (κ2) is 12.2. The lowest BCUT2D eigenvalue weighted by Crippen LogP contribution is -2.33. The molecule has 0 aliphatic carbocycles. The van der Waals surface area contributed by atoms with Gasteiger partial charge in [-0.3, -0.25) is 9.69 Å². The number of aryl methyl sites for hydroxylation is 2. The molecular weight excluding hydrogens is 472 g/mol. The van der Waals surface area contributed by atoms with Crippen LogP contribution in [0.2, 0.25) is 0 Å². The molecule has 33 heavy (non-hydrogen) atoms. The average Bonchev–Trinajstić information content (AvgIpc) is 3.47. The number of anilines is 1. The summed E-state index contributed by atoms with van der Waals surface area (Å²) in [5.41, 5.74) is 3.27. The van der Waals surface area contributed by atoms with Crippen LogP contribution in [0.1, 0.15) is 31.4 Å². The molecule has 0 aliphatic heterocycles. The number of hydrogen-bond donors (Lipinski definition) is 0. The molecule has 174 valence electrons. The molecule has 2 heterocycles. The molecule has 2 aromatic carbocycles. The Morgan fingerprint density at radius 3 is 2.61 bits per heavy atom. The monoisotopic (exact) mass is 500 g/mol. The minimum absolute atomic E-state index is 0. The summed E-state index contributed by atoms with van der Waals surface area (Å²) in [7, 11) is 0. The van der Waals surface area contributed by atoms with Crippen LogP contribution in [0.5, 0.6) is 0 Å². The number of fused-ring (bicyclic) bond motifs is 1. The van der Waals surface area contributed by atoms with Crippen LogP contribution in [0.3, 0.4) is 0 Å². The summed E-state index contributed by atoms with van der Waals surface area (Å²) in [6.45, 7) is 5.74. The van der Waals surface area contributed by atoms with Crippen molar-refractivity contribution >= 4 is 56.8 Å². The fourth-order valence-electron chi connectivity index (χ4n) is 3.59. The number of carbonyl (C=O) groups is 1. The van der Waals surface area contributed by atoms with Crippen molar-refractivity contribution in [3.05, 3.63) is 72.3 Å². The van der Waals surface area contributed by atoms with Gasteiger partial charge in [-0.25, -0.2) is 9.97 Å². The molecule has 0 unspecified atom stereocenters. The summed E-state index contributed by atoms with van der Waals surface area (Å²) in [5.74, 6) is 1.13. The molecule has 5 nitrogen and oxygen atoms in total. The lowest BCUT2D eigenvalue weighted by Gasteiger charge is -2.20. The molecule has 8 heteroatoms. The molecule has 0 fully saturated rings. The molecule has 4 aromatic rings. The number of imidazole rings is 1. The van der Waals surface area contributed by atoms with Crippen LogP contribution in [0.25, 0.3) is 10.2 Å². The van der Waals surface area contributed by atoms with E-state index in [4.69, 9.17) is 4.98 Å². The van der Waals surface area contributed by atoms with Gasteiger partial charge >= 0.3 is 0 Å². The smallest absolute Gasteiger partial charge is 0.233 e. The molecule has 0 bridgehead atoms. The van der Waals surface area contributed by atoms with Crippen LogP contribution in [-0.4, -0.2) is 32.7 Å². The minimum atomic E-state index is 0. The summed E-state index contributed by atoms with van der Waals surface area (Å²) in [6, 6.07) is 14.7. The molecule has 0 aliphatic rings. The van der Waals surface area contributed by atoms with Crippen LogP contribution >= 0.6 is 35.5 Å². The number of thiazole rings is 1. The number of hydrogen-bond acceptors (Lipinski definition) is 5. The Hall–Kier alpha value is -2.35. The van der Waals surface area contributed by atoms with E-state index in [9.17, 15) is 4.79 Å². The fraction of sp³-hybridized carbons (Fsp3) is 0.320. The van der Waals surface area contributed by atoms with Crippen LogP contribution in [0, 0.1) is 0 Å². The standard InChI is InChI=1S/C25H28N4OS2.ClH/c1-3-19-8-11-22-23(16-19)32-25(27-22)29(14-5-13-28-15-12-26-18-28)24(30)17-20-6-9-21(10-7-20)31-4-2;/h6-12,15-16,18H,3-5,13-14,17H2,1-2H3;1H.